The summed E-state index contributed by atoms with van der Waals surface area (Å²) in [6, 6.07) is 10.7. The summed E-state index contributed by atoms with van der Waals surface area (Å²) in [4.78, 5) is 33.2. The van der Waals surface area contributed by atoms with Crippen LogP contribution in [0.2, 0.25) is 0 Å². The number of aromatic nitrogens is 1. The highest BCUT2D eigenvalue weighted by atomic mass is 32.1. The highest BCUT2D eigenvalue weighted by Gasteiger charge is 2.34. The summed E-state index contributed by atoms with van der Waals surface area (Å²) < 4.78 is 12.9. The van der Waals surface area contributed by atoms with Crippen LogP contribution in [0.5, 0.6) is 0 Å². The molecule has 2 aromatic heterocycles. The van der Waals surface area contributed by atoms with Gasteiger partial charge in [-0.05, 0) is 49.8 Å². The van der Waals surface area contributed by atoms with Crippen molar-refractivity contribution in [2.45, 2.75) is 19.9 Å². The molecule has 0 radical (unpaired) electrons. The molecule has 1 aliphatic rings. The second-order valence-corrected chi connectivity index (χ2v) is 8.31. The maximum absolute atomic E-state index is 13.4. The molecule has 31 heavy (non-hydrogen) atoms. The number of fused-ring (bicyclic) bond motifs is 1. The number of benzene rings is 1. The van der Waals surface area contributed by atoms with Gasteiger partial charge in [-0.2, -0.15) is 0 Å². The number of hydrogen-bond acceptors (Lipinski definition) is 7. The lowest BCUT2D eigenvalue weighted by Gasteiger charge is -2.22. The second-order valence-electron chi connectivity index (χ2n) is 7.30. The molecule has 0 fully saturated rings. The van der Waals surface area contributed by atoms with E-state index in [9.17, 15) is 9.59 Å². The zero-order chi connectivity index (χ0) is 22.1. The van der Waals surface area contributed by atoms with Crippen molar-refractivity contribution in [2.75, 3.05) is 25.6 Å². The number of rotatable bonds is 5. The van der Waals surface area contributed by atoms with Crippen molar-refractivity contribution >= 4 is 29.1 Å². The fourth-order valence-corrected chi connectivity index (χ4v) is 4.57. The van der Waals surface area contributed by atoms with E-state index >= 15 is 0 Å². The number of nitrogens with zero attached hydrogens (tertiary/aromatic N) is 3. The average Bonchev–Trinajstić information content (AvgIpc) is 3.36. The number of hydrogen-bond donors (Lipinski definition) is 0. The van der Waals surface area contributed by atoms with Crippen LogP contribution in [0.4, 0.5) is 5.69 Å². The predicted octanol–water partition coefficient (Wildman–Crippen LogP) is 2.46. The molecule has 8 heteroatoms. The highest BCUT2D eigenvalue weighted by Crippen LogP contribution is 2.30. The summed E-state index contributed by atoms with van der Waals surface area (Å²) in [6.07, 6.45) is 3.36. The van der Waals surface area contributed by atoms with Gasteiger partial charge in [0, 0.05) is 19.8 Å². The van der Waals surface area contributed by atoms with E-state index in [2.05, 4.69) is 4.99 Å². The van der Waals surface area contributed by atoms with Crippen LogP contribution >= 0.6 is 11.3 Å². The van der Waals surface area contributed by atoms with Crippen LogP contribution < -0.4 is 19.8 Å². The quantitative estimate of drug-likeness (QED) is 0.573. The Balaban J connectivity index is 1.87. The SMILES string of the molecule is CCOC(=O)C1=C(C)N=c2sc(=Cc3ccc(N(C)C)cc3)c(=O)n2C1c1ccco1. The minimum atomic E-state index is -0.719. The Morgan fingerprint density at radius 2 is 2.03 bits per heavy atom. The number of furan rings is 1. The highest BCUT2D eigenvalue weighted by molar-refractivity contribution is 7.07. The summed E-state index contributed by atoms with van der Waals surface area (Å²) in [6.45, 7) is 3.72. The van der Waals surface area contributed by atoms with Crippen LogP contribution in [-0.4, -0.2) is 31.2 Å². The number of anilines is 1. The van der Waals surface area contributed by atoms with Crippen molar-refractivity contribution in [1.29, 1.82) is 0 Å². The van der Waals surface area contributed by atoms with Crippen LogP contribution in [0.25, 0.3) is 6.08 Å². The Morgan fingerprint density at radius 3 is 2.65 bits per heavy atom. The van der Waals surface area contributed by atoms with E-state index < -0.39 is 12.0 Å². The smallest absolute Gasteiger partial charge is 0.338 e. The van der Waals surface area contributed by atoms with E-state index in [1.54, 1.807) is 26.0 Å². The predicted molar refractivity (Wildman–Crippen MR) is 120 cm³/mol. The number of thiazole rings is 1. The van der Waals surface area contributed by atoms with E-state index in [0.717, 1.165) is 11.3 Å². The van der Waals surface area contributed by atoms with Gasteiger partial charge in [-0.25, -0.2) is 9.79 Å². The molecule has 1 unspecified atom stereocenters. The lowest BCUT2D eigenvalue weighted by molar-refractivity contribution is -0.139. The minimum absolute atomic E-state index is 0.226. The van der Waals surface area contributed by atoms with Gasteiger partial charge in [0.1, 0.15) is 11.8 Å². The number of carbonyl (C=O) groups is 1. The molecule has 0 amide bonds. The van der Waals surface area contributed by atoms with Crippen LogP contribution in [0, 0.1) is 0 Å². The van der Waals surface area contributed by atoms with Gasteiger partial charge in [-0.1, -0.05) is 23.5 Å². The Morgan fingerprint density at radius 1 is 1.29 bits per heavy atom. The van der Waals surface area contributed by atoms with Gasteiger partial charge < -0.3 is 14.1 Å². The van der Waals surface area contributed by atoms with Gasteiger partial charge >= 0.3 is 5.97 Å². The molecule has 4 rings (SSSR count). The Labute approximate surface area is 183 Å². The molecule has 0 saturated carbocycles. The molecule has 7 nitrogen and oxygen atoms in total. The standard InChI is InChI=1S/C23H23N3O4S/c1-5-29-22(28)19-14(2)24-23-26(20(19)17-7-6-12-30-17)21(27)18(31-23)13-15-8-10-16(11-9-15)25(3)4/h6-13,20H,5H2,1-4H3. The van der Waals surface area contributed by atoms with Crippen molar-refractivity contribution in [3.8, 4) is 0 Å². The molecule has 3 heterocycles. The monoisotopic (exact) mass is 437 g/mol. The maximum atomic E-state index is 13.4. The van der Waals surface area contributed by atoms with Crippen molar-refractivity contribution < 1.29 is 13.9 Å². The lowest BCUT2D eigenvalue weighted by Crippen LogP contribution is -2.39. The zero-order valence-corrected chi connectivity index (χ0v) is 18.6. The summed E-state index contributed by atoms with van der Waals surface area (Å²) in [5.74, 6) is -0.0148. The van der Waals surface area contributed by atoms with E-state index in [0.29, 0.717) is 26.4 Å². The Hall–Kier alpha value is -3.39. The number of ether oxygens (including phenoxy) is 1. The van der Waals surface area contributed by atoms with Crippen LogP contribution in [0.3, 0.4) is 0 Å². The van der Waals surface area contributed by atoms with E-state index in [4.69, 9.17) is 9.15 Å². The van der Waals surface area contributed by atoms with Gasteiger partial charge in [0.15, 0.2) is 4.80 Å². The zero-order valence-electron chi connectivity index (χ0n) is 17.8. The molecule has 0 aliphatic carbocycles. The van der Waals surface area contributed by atoms with Crippen LogP contribution in [-0.2, 0) is 9.53 Å². The van der Waals surface area contributed by atoms with Crippen molar-refractivity contribution in [3.05, 3.63) is 84.9 Å². The van der Waals surface area contributed by atoms with Gasteiger partial charge in [-0.15, -0.1) is 0 Å². The van der Waals surface area contributed by atoms with E-state index in [-0.39, 0.29) is 12.2 Å². The van der Waals surface area contributed by atoms with Crippen molar-refractivity contribution in [2.24, 2.45) is 4.99 Å². The summed E-state index contributed by atoms with van der Waals surface area (Å²) >= 11 is 1.29. The molecule has 1 aliphatic heterocycles. The number of esters is 1. The molecule has 0 N–H and O–H groups in total. The molecule has 160 valence electrons. The van der Waals surface area contributed by atoms with Crippen molar-refractivity contribution in [3.63, 3.8) is 0 Å². The molecule has 1 atom stereocenters. The van der Waals surface area contributed by atoms with Crippen LogP contribution in [0.1, 0.15) is 31.2 Å². The summed E-state index contributed by atoms with van der Waals surface area (Å²) in [5.41, 5.74) is 2.59. The molecule has 3 aromatic rings. The normalized spacial score (nSPS) is 16.1. The molecule has 0 bridgehead atoms. The van der Waals surface area contributed by atoms with Gasteiger partial charge in [0.05, 0.1) is 28.7 Å². The van der Waals surface area contributed by atoms with Crippen molar-refractivity contribution in [1.82, 2.24) is 4.57 Å². The summed E-state index contributed by atoms with van der Waals surface area (Å²) in [7, 11) is 3.95. The average molecular weight is 438 g/mol. The largest absolute Gasteiger partial charge is 0.467 e. The first-order valence-electron chi connectivity index (χ1n) is 9.91. The first-order chi connectivity index (χ1) is 14.9. The minimum Gasteiger partial charge on any atom is -0.467 e. The fraction of sp³-hybridized carbons (Fsp3) is 0.261. The third-order valence-electron chi connectivity index (χ3n) is 5.04. The first-order valence-corrected chi connectivity index (χ1v) is 10.7. The first kappa shape index (κ1) is 20.9. The summed E-state index contributed by atoms with van der Waals surface area (Å²) in [5, 5.41) is 0. The molecule has 0 spiro atoms. The number of carbonyl (C=O) groups excluding carboxylic acids is 1. The molecular weight excluding hydrogens is 414 g/mol. The molecule has 0 saturated heterocycles. The Bertz CT molecular complexity index is 1310. The Kier molecular flexibility index (Phi) is 5.65. The number of allylic oxidation sites excluding steroid dienone is 1. The third-order valence-corrected chi connectivity index (χ3v) is 6.02. The van der Waals surface area contributed by atoms with Gasteiger partial charge in [0.2, 0.25) is 0 Å². The van der Waals surface area contributed by atoms with E-state index in [1.165, 1.54) is 22.2 Å². The third kappa shape index (κ3) is 3.86. The molecule has 1 aromatic carbocycles. The maximum Gasteiger partial charge on any atom is 0.338 e. The van der Waals surface area contributed by atoms with Crippen LogP contribution in [0.15, 0.2) is 68.1 Å². The topological polar surface area (TPSA) is 77.0 Å². The fourth-order valence-electron chi connectivity index (χ4n) is 3.53. The lowest BCUT2D eigenvalue weighted by atomic mass is 10.0. The van der Waals surface area contributed by atoms with Gasteiger partial charge in [-0.3, -0.25) is 9.36 Å². The van der Waals surface area contributed by atoms with Gasteiger partial charge in [0.25, 0.3) is 5.56 Å². The molecular formula is C23H23N3O4S. The van der Waals surface area contributed by atoms with E-state index in [1.807, 2.05) is 49.3 Å². The second kappa shape index (κ2) is 8.39.